The van der Waals surface area contributed by atoms with E-state index in [1.807, 2.05) is 7.05 Å². The molecule has 0 bridgehead atoms. The second kappa shape index (κ2) is 6.68. The van der Waals surface area contributed by atoms with Gasteiger partial charge in [-0.2, -0.15) is 0 Å². The molecule has 0 aromatic carbocycles. The molecule has 0 radical (unpaired) electrons. The van der Waals surface area contributed by atoms with Crippen LogP contribution in [0.25, 0.3) is 0 Å². The molecule has 1 aromatic rings. The number of hydrogen-bond donors (Lipinski definition) is 2. The van der Waals surface area contributed by atoms with E-state index in [4.69, 9.17) is 0 Å². The molecule has 0 spiro atoms. The molecule has 1 aliphatic rings. The Kier molecular flexibility index (Phi) is 4.93. The molecule has 1 fully saturated rings. The lowest BCUT2D eigenvalue weighted by atomic mass is 10.1. The standard InChI is InChI=1S/C13H22N4O2/c1-16-9-12(15-10-16)13(19)14-5-2-6-17-7-3-11(18)4-8-17/h9-11,18H,2-8H2,1H3,(H,14,19). The van der Waals surface area contributed by atoms with Crippen LogP contribution in [0.4, 0.5) is 0 Å². The van der Waals surface area contributed by atoms with Crippen LogP contribution >= 0.6 is 0 Å². The fourth-order valence-corrected chi connectivity index (χ4v) is 2.27. The van der Waals surface area contributed by atoms with Crippen molar-refractivity contribution in [3.8, 4) is 0 Å². The summed E-state index contributed by atoms with van der Waals surface area (Å²) < 4.78 is 1.76. The number of carbonyl (C=O) groups excluding carboxylic acids is 1. The second-order valence-corrected chi connectivity index (χ2v) is 5.11. The second-order valence-electron chi connectivity index (χ2n) is 5.11. The van der Waals surface area contributed by atoms with Crippen LogP contribution in [0.3, 0.4) is 0 Å². The number of piperidine rings is 1. The van der Waals surface area contributed by atoms with Gasteiger partial charge in [0.05, 0.1) is 12.4 Å². The zero-order valence-electron chi connectivity index (χ0n) is 11.4. The van der Waals surface area contributed by atoms with Gasteiger partial charge in [-0.15, -0.1) is 0 Å². The van der Waals surface area contributed by atoms with Crippen LogP contribution in [0.15, 0.2) is 12.5 Å². The van der Waals surface area contributed by atoms with E-state index in [0.29, 0.717) is 12.2 Å². The first-order chi connectivity index (χ1) is 9.15. The van der Waals surface area contributed by atoms with E-state index in [2.05, 4.69) is 15.2 Å². The molecule has 0 unspecified atom stereocenters. The molecule has 6 heteroatoms. The third kappa shape index (κ3) is 4.33. The van der Waals surface area contributed by atoms with Gasteiger partial charge >= 0.3 is 0 Å². The molecule has 6 nitrogen and oxygen atoms in total. The van der Waals surface area contributed by atoms with Crippen molar-refractivity contribution in [3.05, 3.63) is 18.2 Å². The molecule has 1 aromatic heterocycles. The minimum Gasteiger partial charge on any atom is -0.393 e. The predicted molar refractivity (Wildman–Crippen MR) is 71.8 cm³/mol. The minimum absolute atomic E-state index is 0.116. The number of carbonyl (C=O) groups is 1. The number of rotatable bonds is 5. The van der Waals surface area contributed by atoms with Crippen LogP contribution in [0, 0.1) is 0 Å². The van der Waals surface area contributed by atoms with Gasteiger partial charge in [-0.05, 0) is 25.8 Å². The number of aliphatic hydroxyl groups is 1. The molecule has 1 aliphatic heterocycles. The maximum absolute atomic E-state index is 11.7. The molecule has 0 atom stereocenters. The van der Waals surface area contributed by atoms with Crippen molar-refractivity contribution in [1.29, 1.82) is 0 Å². The average Bonchev–Trinajstić information content (AvgIpc) is 2.83. The summed E-state index contributed by atoms with van der Waals surface area (Å²) in [6.07, 6.45) is 5.85. The number of aryl methyl sites for hydroxylation is 1. The molecule has 2 rings (SSSR count). The van der Waals surface area contributed by atoms with Gasteiger partial charge in [-0.25, -0.2) is 4.98 Å². The van der Waals surface area contributed by atoms with Crippen LogP contribution in [0.1, 0.15) is 29.8 Å². The number of aromatic nitrogens is 2. The van der Waals surface area contributed by atoms with Crippen molar-refractivity contribution in [2.24, 2.45) is 7.05 Å². The number of imidazole rings is 1. The fraction of sp³-hybridized carbons (Fsp3) is 0.692. The molecule has 0 saturated carbocycles. The normalized spacial score (nSPS) is 17.6. The van der Waals surface area contributed by atoms with Gasteiger partial charge in [-0.3, -0.25) is 4.79 Å². The maximum Gasteiger partial charge on any atom is 0.271 e. The first-order valence-corrected chi connectivity index (χ1v) is 6.82. The third-order valence-corrected chi connectivity index (χ3v) is 3.43. The van der Waals surface area contributed by atoms with Crippen LogP contribution in [0.2, 0.25) is 0 Å². The Hall–Kier alpha value is -1.40. The maximum atomic E-state index is 11.7. The predicted octanol–water partition coefficient (Wildman–Crippen LogP) is -0.00330. The van der Waals surface area contributed by atoms with E-state index in [9.17, 15) is 9.90 Å². The molecule has 2 heterocycles. The highest BCUT2D eigenvalue weighted by Crippen LogP contribution is 2.09. The summed E-state index contributed by atoms with van der Waals surface area (Å²) in [6.45, 7) is 3.54. The van der Waals surface area contributed by atoms with Crippen LogP contribution in [-0.2, 0) is 7.05 Å². The first-order valence-electron chi connectivity index (χ1n) is 6.82. The van der Waals surface area contributed by atoms with Crippen molar-refractivity contribution in [3.63, 3.8) is 0 Å². The van der Waals surface area contributed by atoms with Gasteiger partial charge < -0.3 is 19.9 Å². The lowest BCUT2D eigenvalue weighted by Gasteiger charge is -2.29. The molecule has 2 N–H and O–H groups in total. The van der Waals surface area contributed by atoms with E-state index in [1.165, 1.54) is 0 Å². The lowest BCUT2D eigenvalue weighted by molar-refractivity contribution is 0.0816. The Morgan fingerprint density at radius 1 is 1.53 bits per heavy atom. The highest BCUT2D eigenvalue weighted by molar-refractivity contribution is 5.91. The topological polar surface area (TPSA) is 70.4 Å². The van der Waals surface area contributed by atoms with Crippen molar-refractivity contribution in [2.45, 2.75) is 25.4 Å². The van der Waals surface area contributed by atoms with Crippen LogP contribution < -0.4 is 5.32 Å². The van der Waals surface area contributed by atoms with Gasteiger partial charge in [-0.1, -0.05) is 0 Å². The average molecular weight is 266 g/mol. The fourth-order valence-electron chi connectivity index (χ4n) is 2.27. The molecule has 1 saturated heterocycles. The number of amides is 1. The third-order valence-electron chi connectivity index (χ3n) is 3.43. The molecule has 106 valence electrons. The van der Waals surface area contributed by atoms with E-state index >= 15 is 0 Å². The molecule has 0 aliphatic carbocycles. The van der Waals surface area contributed by atoms with Crippen molar-refractivity contribution in [2.75, 3.05) is 26.2 Å². The van der Waals surface area contributed by atoms with Gasteiger partial charge in [0.25, 0.3) is 5.91 Å². The van der Waals surface area contributed by atoms with Crippen LogP contribution in [-0.4, -0.2) is 57.7 Å². The summed E-state index contributed by atoms with van der Waals surface area (Å²) in [5.41, 5.74) is 0.462. The van der Waals surface area contributed by atoms with Gasteiger partial charge in [0.1, 0.15) is 5.69 Å². The smallest absolute Gasteiger partial charge is 0.271 e. The molecular formula is C13H22N4O2. The lowest BCUT2D eigenvalue weighted by Crippen LogP contribution is -2.37. The summed E-state index contributed by atoms with van der Waals surface area (Å²) >= 11 is 0. The summed E-state index contributed by atoms with van der Waals surface area (Å²) in [6, 6.07) is 0. The number of aliphatic hydroxyl groups excluding tert-OH is 1. The Labute approximate surface area is 113 Å². The quantitative estimate of drug-likeness (QED) is 0.736. The largest absolute Gasteiger partial charge is 0.393 e. The summed E-state index contributed by atoms with van der Waals surface area (Å²) in [5, 5.41) is 12.3. The summed E-state index contributed by atoms with van der Waals surface area (Å²) in [5.74, 6) is -0.116. The number of likely N-dealkylation sites (tertiary alicyclic amines) is 1. The summed E-state index contributed by atoms with van der Waals surface area (Å²) in [4.78, 5) is 18.1. The summed E-state index contributed by atoms with van der Waals surface area (Å²) in [7, 11) is 1.84. The zero-order chi connectivity index (χ0) is 13.7. The molecular weight excluding hydrogens is 244 g/mol. The number of nitrogens with one attached hydrogen (secondary N) is 1. The van der Waals surface area contributed by atoms with Gasteiger partial charge in [0.2, 0.25) is 0 Å². The van der Waals surface area contributed by atoms with Gasteiger partial charge in [0.15, 0.2) is 0 Å². The number of hydrogen-bond acceptors (Lipinski definition) is 4. The molecule has 19 heavy (non-hydrogen) atoms. The monoisotopic (exact) mass is 266 g/mol. The Morgan fingerprint density at radius 2 is 2.26 bits per heavy atom. The highest BCUT2D eigenvalue weighted by atomic mass is 16.3. The zero-order valence-corrected chi connectivity index (χ0v) is 11.4. The van der Waals surface area contributed by atoms with Crippen molar-refractivity contribution >= 4 is 5.91 Å². The molecule has 1 amide bonds. The van der Waals surface area contributed by atoms with E-state index < -0.39 is 0 Å². The highest BCUT2D eigenvalue weighted by Gasteiger charge is 2.16. The van der Waals surface area contributed by atoms with Crippen molar-refractivity contribution in [1.82, 2.24) is 19.8 Å². The minimum atomic E-state index is -0.125. The van der Waals surface area contributed by atoms with E-state index in [0.717, 1.165) is 38.9 Å². The van der Waals surface area contributed by atoms with E-state index in [1.54, 1.807) is 17.1 Å². The Bertz CT molecular complexity index is 411. The Morgan fingerprint density at radius 3 is 2.89 bits per heavy atom. The Balaban J connectivity index is 1.60. The first kappa shape index (κ1) is 14.0. The van der Waals surface area contributed by atoms with Gasteiger partial charge in [0, 0.05) is 32.9 Å². The van der Waals surface area contributed by atoms with E-state index in [-0.39, 0.29) is 12.0 Å². The number of nitrogens with zero attached hydrogens (tertiary/aromatic N) is 3. The van der Waals surface area contributed by atoms with Crippen molar-refractivity contribution < 1.29 is 9.90 Å². The van der Waals surface area contributed by atoms with Crippen LogP contribution in [0.5, 0.6) is 0 Å². The SMILES string of the molecule is Cn1cnc(C(=O)NCCCN2CCC(O)CC2)c1.